The van der Waals surface area contributed by atoms with Gasteiger partial charge in [0.25, 0.3) is 0 Å². The Balaban J connectivity index is 2.87. The van der Waals surface area contributed by atoms with Gasteiger partial charge in [-0.3, -0.25) is 4.79 Å². The molecule has 4 nitrogen and oxygen atoms in total. The molecule has 1 rings (SSSR count). The number of amides is 1. The van der Waals surface area contributed by atoms with Crippen LogP contribution in [0.4, 0.5) is 8.78 Å². The molecule has 0 saturated carbocycles. The molecule has 0 aliphatic rings. The highest BCUT2D eigenvalue weighted by molar-refractivity contribution is 5.91. The smallest absolute Gasteiger partial charge is 0.387 e. The SMILES string of the molecule is CCOc1cc(/C=C/C(=O)NC(C)C)ccc1OC(F)F. The highest BCUT2D eigenvalue weighted by atomic mass is 19.3. The summed E-state index contributed by atoms with van der Waals surface area (Å²) in [5.41, 5.74) is 0.652. The van der Waals surface area contributed by atoms with E-state index in [0.29, 0.717) is 12.2 Å². The lowest BCUT2D eigenvalue weighted by Gasteiger charge is -2.11. The normalized spacial score (nSPS) is 11.2. The molecule has 1 aromatic rings. The maximum Gasteiger partial charge on any atom is 0.387 e. The molecule has 0 aliphatic carbocycles. The summed E-state index contributed by atoms with van der Waals surface area (Å²) in [6, 6.07) is 4.54. The summed E-state index contributed by atoms with van der Waals surface area (Å²) in [5.74, 6) is -0.0456. The molecule has 1 aromatic carbocycles. The molecule has 0 saturated heterocycles. The number of ether oxygens (including phenoxy) is 2. The second kappa shape index (κ2) is 8.24. The summed E-state index contributed by atoms with van der Waals surface area (Å²) < 4.78 is 34.2. The van der Waals surface area contributed by atoms with Crippen molar-refractivity contribution in [1.82, 2.24) is 5.32 Å². The molecule has 0 radical (unpaired) electrons. The largest absolute Gasteiger partial charge is 0.490 e. The van der Waals surface area contributed by atoms with Crippen molar-refractivity contribution in [3.8, 4) is 11.5 Å². The average molecular weight is 299 g/mol. The van der Waals surface area contributed by atoms with Crippen LogP contribution in [0.15, 0.2) is 24.3 Å². The zero-order chi connectivity index (χ0) is 15.8. The van der Waals surface area contributed by atoms with Gasteiger partial charge in [0.05, 0.1) is 6.61 Å². The third-order valence-electron chi connectivity index (χ3n) is 2.34. The zero-order valence-electron chi connectivity index (χ0n) is 12.2. The molecule has 1 amide bonds. The number of hydrogen-bond donors (Lipinski definition) is 1. The van der Waals surface area contributed by atoms with E-state index in [4.69, 9.17) is 4.74 Å². The summed E-state index contributed by atoms with van der Waals surface area (Å²) in [6.07, 6.45) is 2.95. The lowest BCUT2D eigenvalue weighted by molar-refractivity contribution is -0.116. The minimum atomic E-state index is -2.91. The van der Waals surface area contributed by atoms with Gasteiger partial charge in [0.2, 0.25) is 5.91 Å². The fourth-order valence-electron chi connectivity index (χ4n) is 1.59. The first kappa shape index (κ1) is 16.9. The average Bonchev–Trinajstić information content (AvgIpc) is 2.38. The van der Waals surface area contributed by atoms with E-state index < -0.39 is 6.61 Å². The quantitative estimate of drug-likeness (QED) is 0.786. The van der Waals surface area contributed by atoms with Crippen LogP contribution < -0.4 is 14.8 Å². The minimum absolute atomic E-state index is 0.0318. The number of rotatable bonds is 7. The van der Waals surface area contributed by atoms with E-state index in [0.717, 1.165) is 0 Å². The summed E-state index contributed by atoms with van der Waals surface area (Å²) >= 11 is 0. The van der Waals surface area contributed by atoms with Crippen LogP contribution in [0, 0.1) is 0 Å². The van der Waals surface area contributed by atoms with E-state index in [9.17, 15) is 13.6 Å². The van der Waals surface area contributed by atoms with Crippen LogP contribution in [0.3, 0.4) is 0 Å². The van der Waals surface area contributed by atoms with Crippen molar-refractivity contribution in [3.05, 3.63) is 29.8 Å². The second-order valence-electron chi connectivity index (χ2n) is 4.51. The Morgan fingerprint density at radius 2 is 2.05 bits per heavy atom. The Morgan fingerprint density at radius 3 is 2.62 bits per heavy atom. The van der Waals surface area contributed by atoms with Crippen LogP contribution in [0.2, 0.25) is 0 Å². The van der Waals surface area contributed by atoms with E-state index in [1.165, 1.54) is 12.1 Å². The molecule has 0 unspecified atom stereocenters. The van der Waals surface area contributed by atoms with Gasteiger partial charge in [-0.1, -0.05) is 6.07 Å². The molecule has 0 aliphatic heterocycles. The van der Waals surface area contributed by atoms with E-state index in [1.807, 2.05) is 13.8 Å². The Kier molecular flexibility index (Phi) is 6.65. The number of nitrogens with one attached hydrogen (secondary N) is 1. The van der Waals surface area contributed by atoms with Crippen molar-refractivity contribution in [2.24, 2.45) is 0 Å². The molecule has 1 N–H and O–H groups in total. The van der Waals surface area contributed by atoms with Crippen LogP contribution in [-0.2, 0) is 4.79 Å². The zero-order valence-corrected chi connectivity index (χ0v) is 12.2. The molecule has 6 heteroatoms. The Bertz CT molecular complexity index is 502. The van der Waals surface area contributed by atoms with Gasteiger partial charge in [-0.25, -0.2) is 0 Å². The standard InChI is InChI=1S/C15H19F2NO3/c1-4-20-13-9-11(5-7-12(13)21-15(16)17)6-8-14(19)18-10(2)3/h5-10,15H,4H2,1-3H3,(H,18,19)/b8-6+. The highest BCUT2D eigenvalue weighted by Crippen LogP contribution is 2.30. The van der Waals surface area contributed by atoms with E-state index in [1.54, 1.807) is 25.1 Å². The van der Waals surface area contributed by atoms with Gasteiger partial charge in [0, 0.05) is 12.1 Å². The molecule has 0 aromatic heterocycles. The summed E-state index contributed by atoms with van der Waals surface area (Å²) in [4.78, 5) is 11.5. The molecule has 0 atom stereocenters. The topological polar surface area (TPSA) is 47.6 Å². The number of halogens is 2. The maximum atomic E-state index is 12.3. The van der Waals surface area contributed by atoms with Gasteiger partial charge in [-0.2, -0.15) is 8.78 Å². The third kappa shape index (κ3) is 6.25. The first-order valence-electron chi connectivity index (χ1n) is 6.62. The van der Waals surface area contributed by atoms with Crippen molar-refractivity contribution < 1.29 is 23.0 Å². The number of alkyl halides is 2. The monoisotopic (exact) mass is 299 g/mol. The van der Waals surface area contributed by atoms with Crippen molar-refractivity contribution in [2.75, 3.05) is 6.61 Å². The first-order chi connectivity index (χ1) is 9.92. The Labute approximate surface area is 122 Å². The van der Waals surface area contributed by atoms with E-state index in [-0.39, 0.29) is 23.4 Å². The van der Waals surface area contributed by atoms with Gasteiger partial charge in [0.15, 0.2) is 11.5 Å². The van der Waals surface area contributed by atoms with Gasteiger partial charge in [-0.15, -0.1) is 0 Å². The predicted octanol–water partition coefficient (Wildman–Crippen LogP) is 3.22. The number of carbonyl (C=O) groups excluding carboxylic acids is 1. The Morgan fingerprint density at radius 1 is 1.33 bits per heavy atom. The number of benzene rings is 1. The van der Waals surface area contributed by atoms with Crippen LogP contribution in [0.1, 0.15) is 26.3 Å². The molecule has 0 bridgehead atoms. The highest BCUT2D eigenvalue weighted by Gasteiger charge is 2.11. The van der Waals surface area contributed by atoms with E-state index >= 15 is 0 Å². The molecule has 0 spiro atoms. The fourth-order valence-corrected chi connectivity index (χ4v) is 1.59. The summed E-state index contributed by atoms with van der Waals surface area (Å²) in [6.45, 7) is 2.86. The van der Waals surface area contributed by atoms with Crippen LogP contribution >= 0.6 is 0 Å². The molecular weight excluding hydrogens is 280 g/mol. The van der Waals surface area contributed by atoms with Crippen molar-refractivity contribution in [1.29, 1.82) is 0 Å². The predicted molar refractivity (Wildman–Crippen MR) is 76.6 cm³/mol. The molecular formula is C15H19F2NO3. The molecule has 116 valence electrons. The van der Waals surface area contributed by atoms with Gasteiger partial charge >= 0.3 is 6.61 Å². The fraction of sp³-hybridized carbons (Fsp3) is 0.400. The first-order valence-corrected chi connectivity index (χ1v) is 6.62. The molecule has 21 heavy (non-hydrogen) atoms. The molecule has 0 heterocycles. The van der Waals surface area contributed by atoms with Crippen LogP contribution in [0.5, 0.6) is 11.5 Å². The third-order valence-corrected chi connectivity index (χ3v) is 2.34. The lowest BCUT2D eigenvalue weighted by Crippen LogP contribution is -2.28. The van der Waals surface area contributed by atoms with Crippen molar-refractivity contribution in [3.63, 3.8) is 0 Å². The van der Waals surface area contributed by atoms with Crippen molar-refractivity contribution in [2.45, 2.75) is 33.4 Å². The van der Waals surface area contributed by atoms with Gasteiger partial charge < -0.3 is 14.8 Å². The van der Waals surface area contributed by atoms with Crippen LogP contribution in [0.25, 0.3) is 6.08 Å². The number of carbonyl (C=O) groups is 1. The maximum absolute atomic E-state index is 12.3. The lowest BCUT2D eigenvalue weighted by atomic mass is 10.2. The molecule has 0 fully saturated rings. The number of hydrogen-bond acceptors (Lipinski definition) is 3. The Hall–Kier alpha value is -2.11. The second-order valence-corrected chi connectivity index (χ2v) is 4.51. The van der Waals surface area contributed by atoms with Crippen LogP contribution in [-0.4, -0.2) is 25.2 Å². The van der Waals surface area contributed by atoms with Gasteiger partial charge in [-0.05, 0) is 44.5 Å². The van der Waals surface area contributed by atoms with Crippen molar-refractivity contribution >= 4 is 12.0 Å². The summed E-state index contributed by atoms with van der Waals surface area (Å²) in [5, 5.41) is 2.71. The minimum Gasteiger partial charge on any atom is -0.490 e. The summed E-state index contributed by atoms with van der Waals surface area (Å²) in [7, 11) is 0. The van der Waals surface area contributed by atoms with E-state index in [2.05, 4.69) is 10.1 Å². The van der Waals surface area contributed by atoms with Gasteiger partial charge in [0.1, 0.15) is 0 Å².